The van der Waals surface area contributed by atoms with Gasteiger partial charge in [0.15, 0.2) is 0 Å². The molecule has 1 aliphatic carbocycles. The van der Waals surface area contributed by atoms with E-state index in [9.17, 15) is 9.18 Å². The Bertz CT molecular complexity index is 1270. The quantitative estimate of drug-likeness (QED) is 0.383. The minimum Gasteiger partial charge on any atom is -0.462 e. The summed E-state index contributed by atoms with van der Waals surface area (Å²) in [6.07, 6.45) is 7.11. The molecule has 3 aromatic rings. The fourth-order valence-corrected chi connectivity index (χ4v) is 5.84. The van der Waals surface area contributed by atoms with Crippen LogP contribution in [-0.2, 0) is 11.2 Å². The summed E-state index contributed by atoms with van der Waals surface area (Å²) in [6.45, 7) is 6.50. The lowest BCUT2D eigenvalue weighted by atomic mass is 9.72. The summed E-state index contributed by atoms with van der Waals surface area (Å²) in [5.41, 5.74) is 7.10. The SMILES string of the molecule is CCOC(=O)c1ccc2c(c1C)CC([C@H](C)C1CCC(c3ccnc4ccc(F)cc34)CC1)=N2. The van der Waals surface area contributed by atoms with Crippen molar-refractivity contribution in [3.63, 3.8) is 0 Å². The molecule has 0 saturated heterocycles. The summed E-state index contributed by atoms with van der Waals surface area (Å²) in [4.78, 5) is 21.7. The van der Waals surface area contributed by atoms with Crippen LogP contribution in [0, 0.1) is 24.6 Å². The van der Waals surface area contributed by atoms with Gasteiger partial charge in [-0.25, -0.2) is 9.18 Å². The van der Waals surface area contributed by atoms with Gasteiger partial charge >= 0.3 is 5.97 Å². The van der Waals surface area contributed by atoms with Crippen LogP contribution in [0.3, 0.4) is 0 Å². The lowest BCUT2D eigenvalue weighted by Gasteiger charge is -2.33. The maximum atomic E-state index is 13.9. The van der Waals surface area contributed by atoms with Gasteiger partial charge in [0.25, 0.3) is 0 Å². The normalized spacial score (nSPS) is 20.6. The fraction of sp³-hybridized carbons (Fsp3) is 0.414. The Morgan fingerprint density at radius 1 is 1.15 bits per heavy atom. The molecule has 34 heavy (non-hydrogen) atoms. The molecule has 0 amide bonds. The Morgan fingerprint density at radius 2 is 1.94 bits per heavy atom. The zero-order chi connectivity index (χ0) is 23.8. The average molecular weight is 459 g/mol. The van der Waals surface area contributed by atoms with E-state index >= 15 is 0 Å². The van der Waals surface area contributed by atoms with Gasteiger partial charge < -0.3 is 4.74 Å². The van der Waals surface area contributed by atoms with Crippen molar-refractivity contribution in [3.8, 4) is 0 Å². The van der Waals surface area contributed by atoms with E-state index in [0.717, 1.165) is 59.8 Å². The molecular formula is C29H31FN2O2. The van der Waals surface area contributed by atoms with E-state index in [0.29, 0.717) is 29.9 Å². The van der Waals surface area contributed by atoms with Gasteiger partial charge in [0.1, 0.15) is 5.82 Å². The first-order valence-corrected chi connectivity index (χ1v) is 12.4. The molecule has 5 heteroatoms. The molecule has 2 aromatic carbocycles. The third kappa shape index (κ3) is 4.13. The summed E-state index contributed by atoms with van der Waals surface area (Å²) in [5, 5.41) is 0.947. The van der Waals surface area contributed by atoms with Crippen molar-refractivity contribution in [3.05, 3.63) is 70.7 Å². The van der Waals surface area contributed by atoms with Crippen molar-refractivity contribution in [2.45, 2.75) is 58.8 Å². The number of carbonyl (C=O) groups excluding carboxylic acids is 1. The van der Waals surface area contributed by atoms with Crippen LogP contribution in [0.15, 0.2) is 47.6 Å². The Labute approximate surface area is 200 Å². The highest BCUT2D eigenvalue weighted by Gasteiger charge is 2.32. The second-order valence-electron chi connectivity index (χ2n) is 9.70. The van der Waals surface area contributed by atoms with E-state index in [1.807, 2.05) is 32.2 Å². The first-order valence-electron chi connectivity index (χ1n) is 12.4. The van der Waals surface area contributed by atoms with Crippen molar-refractivity contribution in [1.29, 1.82) is 0 Å². The highest BCUT2D eigenvalue weighted by Crippen LogP contribution is 2.43. The van der Waals surface area contributed by atoms with Gasteiger partial charge in [0.2, 0.25) is 0 Å². The molecule has 2 heterocycles. The number of esters is 1. The third-order valence-electron chi connectivity index (χ3n) is 7.87. The molecule has 0 radical (unpaired) electrons. The predicted molar refractivity (Wildman–Crippen MR) is 133 cm³/mol. The molecule has 1 atom stereocenters. The molecule has 4 nitrogen and oxygen atoms in total. The van der Waals surface area contributed by atoms with Crippen molar-refractivity contribution < 1.29 is 13.9 Å². The van der Waals surface area contributed by atoms with Crippen LogP contribution >= 0.6 is 0 Å². The van der Waals surface area contributed by atoms with Crippen LogP contribution in [0.4, 0.5) is 10.1 Å². The first kappa shape index (κ1) is 22.7. The molecule has 1 aromatic heterocycles. The predicted octanol–water partition coefficient (Wildman–Crippen LogP) is 7.10. The highest BCUT2D eigenvalue weighted by molar-refractivity contribution is 5.99. The Balaban J connectivity index is 1.28. The third-order valence-corrected chi connectivity index (χ3v) is 7.87. The minimum absolute atomic E-state index is 0.204. The number of pyridine rings is 1. The van der Waals surface area contributed by atoms with E-state index in [1.165, 1.54) is 17.3 Å². The van der Waals surface area contributed by atoms with Gasteiger partial charge in [-0.05, 0) is 110 Å². The molecule has 2 aliphatic rings. The molecule has 1 saturated carbocycles. The molecule has 176 valence electrons. The number of aliphatic imine (C=N–C) groups is 1. The van der Waals surface area contributed by atoms with E-state index in [-0.39, 0.29) is 11.8 Å². The number of fused-ring (bicyclic) bond motifs is 2. The number of carbonyl (C=O) groups is 1. The first-order chi connectivity index (χ1) is 16.5. The van der Waals surface area contributed by atoms with E-state index in [1.54, 1.807) is 12.1 Å². The number of ether oxygens (including phenoxy) is 1. The Hall–Kier alpha value is -3.08. The number of rotatable bonds is 5. The number of nitrogens with zero attached hydrogens (tertiary/aromatic N) is 2. The molecular weight excluding hydrogens is 427 g/mol. The van der Waals surface area contributed by atoms with Gasteiger partial charge in [-0.2, -0.15) is 0 Å². The van der Waals surface area contributed by atoms with Crippen LogP contribution in [0.25, 0.3) is 10.9 Å². The van der Waals surface area contributed by atoms with E-state index in [4.69, 9.17) is 9.73 Å². The lowest BCUT2D eigenvalue weighted by molar-refractivity contribution is 0.0525. The molecule has 0 N–H and O–H groups in total. The van der Waals surface area contributed by atoms with Crippen LogP contribution in [-0.4, -0.2) is 23.3 Å². The van der Waals surface area contributed by atoms with Crippen molar-refractivity contribution >= 4 is 28.3 Å². The second kappa shape index (κ2) is 9.28. The van der Waals surface area contributed by atoms with Crippen LogP contribution in [0.5, 0.6) is 0 Å². The van der Waals surface area contributed by atoms with Crippen molar-refractivity contribution in [2.75, 3.05) is 6.61 Å². The van der Waals surface area contributed by atoms with Crippen LogP contribution in [0.1, 0.15) is 72.5 Å². The van der Waals surface area contributed by atoms with E-state index in [2.05, 4.69) is 18.0 Å². The maximum Gasteiger partial charge on any atom is 0.338 e. The number of hydrogen-bond donors (Lipinski definition) is 0. The summed E-state index contributed by atoms with van der Waals surface area (Å²) in [5.74, 6) is 0.952. The average Bonchev–Trinajstić information content (AvgIpc) is 3.29. The van der Waals surface area contributed by atoms with Gasteiger partial charge in [0, 0.05) is 23.7 Å². The van der Waals surface area contributed by atoms with Crippen molar-refractivity contribution in [1.82, 2.24) is 4.98 Å². The van der Waals surface area contributed by atoms with Crippen LogP contribution < -0.4 is 0 Å². The number of benzene rings is 2. The van der Waals surface area contributed by atoms with Crippen molar-refractivity contribution in [2.24, 2.45) is 16.8 Å². The summed E-state index contributed by atoms with van der Waals surface area (Å²) < 4.78 is 19.1. The summed E-state index contributed by atoms with van der Waals surface area (Å²) >= 11 is 0. The molecule has 1 fully saturated rings. The molecule has 0 spiro atoms. The fourth-order valence-electron chi connectivity index (χ4n) is 5.84. The van der Waals surface area contributed by atoms with Gasteiger partial charge in [-0.15, -0.1) is 0 Å². The molecule has 5 rings (SSSR count). The number of hydrogen-bond acceptors (Lipinski definition) is 4. The van der Waals surface area contributed by atoms with Gasteiger partial charge in [0.05, 0.1) is 23.4 Å². The minimum atomic E-state index is -0.258. The Kier molecular flexibility index (Phi) is 6.20. The largest absolute Gasteiger partial charge is 0.462 e. The molecule has 0 bridgehead atoms. The van der Waals surface area contributed by atoms with Gasteiger partial charge in [-0.3, -0.25) is 9.98 Å². The zero-order valence-corrected chi connectivity index (χ0v) is 20.1. The summed E-state index contributed by atoms with van der Waals surface area (Å²) in [6, 6.07) is 10.7. The molecule has 1 aliphatic heterocycles. The van der Waals surface area contributed by atoms with Gasteiger partial charge in [-0.1, -0.05) is 6.92 Å². The Morgan fingerprint density at radius 3 is 2.71 bits per heavy atom. The zero-order valence-electron chi connectivity index (χ0n) is 20.1. The second-order valence-corrected chi connectivity index (χ2v) is 9.70. The summed E-state index contributed by atoms with van der Waals surface area (Å²) in [7, 11) is 0. The standard InChI is InChI=1S/C29H31FN2O2/c1-4-34-29(33)22-10-12-27-24(18(22)3)16-28(32-27)17(2)19-5-7-20(8-6-19)23-13-14-31-26-11-9-21(30)15-25(23)26/h9-15,17,19-20H,4-8,16H2,1-3H3/t17-,19?,20?/m1/s1. The smallest absolute Gasteiger partial charge is 0.338 e. The van der Waals surface area contributed by atoms with Crippen LogP contribution in [0.2, 0.25) is 0 Å². The monoisotopic (exact) mass is 458 g/mol. The topological polar surface area (TPSA) is 51.5 Å². The lowest BCUT2D eigenvalue weighted by Crippen LogP contribution is -2.25. The highest BCUT2D eigenvalue weighted by atomic mass is 19.1. The molecule has 0 unspecified atom stereocenters. The number of halogens is 1. The number of aromatic nitrogens is 1. The van der Waals surface area contributed by atoms with E-state index < -0.39 is 0 Å². The maximum absolute atomic E-state index is 13.9.